The van der Waals surface area contributed by atoms with Gasteiger partial charge in [0.25, 0.3) is 0 Å². The Morgan fingerprint density at radius 3 is 2.28 bits per heavy atom. The highest BCUT2D eigenvalue weighted by atomic mass is 16.7. The lowest BCUT2D eigenvalue weighted by molar-refractivity contribution is -0.318. The van der Waals surface area contributed by atoms with Crippen LogP contribution < -0.4 is 9.47 Å². The third-order valence-corrected chi connectivity index (χ3v) is 8.25. The fourth-order valence-corrected chi connectivity index (χ4v) is 5.61. The molecule has 2 aromatic carbocycles. The molecule has 0 bridgehead atoms. The molecule has 236 valence electrons. The van der Waals surface area contributed by atoms with Crippen LogP contribution in [-0.4, -0.2) is 110 Å². The Balaban J connectivity index is 1.30. The van der Waals surface area contributed by atoms with E-state index in [1.54, 1.807) is 0 Å². The van der Waals surface area contributed by atoms with E-state index in [1.807, 2.05) is 25.1 Å². The predicted molar refractivity (Wildman–Crippen MR) is 147 cm³/mol. The summed E-state index contributed by atoms with van der Waals surface area (Å²) in [5.74, 6) is -0.710. The number of fused-ring (bicyclic) bond motifs is 1. The maximum absolute atomic E-state index is 13.0. The van der Waals surface area contributed by atoms with Crippen LogP contribution in [0.2, 0.25) is 0 Å². The molecule has 3 aliphatic heterocycles. The molecule has 7 N–H and O–H groups in total. The zero-order valence-corrected chi connectivity index (χ0v) is 23.9. The maximum Gasteiger partial charge on any atom is 0.229 e. The topological polar surface area (TPSA) is 205 Å². The lowest BCUT2D eigenvalue weighted by Crippen LogP contribution is -2.61. The number of aromatic hydroxyl groups is 1. The molecule has 5 rings (SSSR count). The third-order valence-electron chi connectivity index (χ3n) is 8.25. The summed E-state index contributed by atoms with van der Waals surface area (Å²) >= 11 is 0. The van der Waals surface area contributed by atoms with Crippen molar-refractivity contribution in [2.24, 2.45) is 0 Å². The molecule has 2 saturated heterocycles. The summed E-state index contributed by atoms with van der Waals surface area (Å²) in [5, 5.41) is 72.3. The number of ether oxygens (including phenoxy) is 5. The van der Waals surface area contributed by atoms with Gasteiger partial charge in [-0.2, -0.15) is 0 Å². The van der Waals surface area contributed by atoms with Gasteiger partial charge in [-0.05, 0) is 37.0 Å². The second-order valence-electron chi connectivity index (χ2n) is 11.2. The summed E-state index contributed by atoms with van der Waals surface area (Å²) in [6.07, 6.45) is -14.4. The quantitative estimate of drug-likeness (QED) is 0.222. The summed E-state index contributed by atoms with van der Waals surface area (Å²) in [4.78, 5) is 13.0. The number of carbonyl (C=O) groups is 1. The first-order chi connectivity index (χ1) is 20.4. The number of benzene rings is 2. The van der Waals surface area contributed by atoms with Gasteiger partial charge >= 0.3 is 0 Å². The van der Waals surface area contributed by atoms with Crippen LogP contribution in [-0.2, 0) is 20.6 Å². The fraction of sp³-hybridized carbons (Fsp3) is 0.567. The molecule has 13 nitrogen and oxygen atoms in total. The van der Waals surface area contributed by atoms with Gasteiger partial charge in [0.05, 0.1) is 19.1 Å². The SMILES string of the molecule is CCc1ccc([C@@H]2CC(=O)c3c(O)cc(O[C@@H]4O[C@H](CO[C@H]5O[C@@H](C)[C@H](O)[C@@H](O)[C@H]5O)[C@@H](O)[C@H](O)[C@H]4O)cc3O2)cc1C. The molecule has 3 aliphatic rings. The minimum absolute atomic E-state index is 0.00933. The number of hydrogen-bond acceptors (Lipinski definition) is 13. The number of phenolic OH excluding ortho intramolecular Hbond substituents is 1. The van der Waals surface area contributed by atoms with Crippen molar-refractivity contribution in [3.8, 4) is 17.2 Å². The second kappa shape index (κ2) is 12.6. The molecule has 0 spiro atoms. The van der Waals surface area contributed by atoms with E-state index in [1.165, 1.54) is 18.6 Å². The van der Waals surface area contributed by atoms with Gasteiger partial charge in [-0.25, -0.2) is 0 Å². The zero-order chi connectivity index (χ0) is 31.2. The highest BCUT2D eigenvalue weighted by molar-refractivity contribution is 6.02. The Morgan fingerprint density at radius 2 is 1.58 bits per heavy atom. The summed E-state index contributed by atoms with van der Waals surface area (Å²) < 4.78 is 28.4. The third kappa shape index (κ3) is 6.23. The highest BCUT2D eigenvalue weighted by Gasteiger charge is 2.47. The van der Waals surface area contributed by atoms with Crippen LogP contribution in [0.15, 0.2) is 30.3 Å². The van der Waals surface area contributed by atoms with Gasteiger partial charge in [0, 0.05) is 12.1 Å². The maximum atomic E-state index is 13.0. The number of aryl methyl sites for hydroxylation is 2. The van der Waals surface area contributed by atoms with Crippen LogP contribution in [0.5, 0.6) is 17.2 Å². The Kier molecular flexibility index (Phi) is 9.28. The van der Waals surface area contributed by atoms with Crippen LogP contribution in [0.1, 0.15) is 53.4 Å². The molecule has 0 unspecified atom stereocenters. The molecule has 0 amide bonds. The van der Waals surface area contributed by atoms with Crippen LogP contribution >= 0.6 is 0 Å². The average Bonchev–Trinajstić information content (AvgIpc) is 2.97. The molecule has 13 heteroatoms. The first kappa shape index (κ1) is 31.6. The molecule has 43 heavy (non-hydrogen) atoms. The first-order valence-corrected chi connectivity index (χ1v) is 14.2. The van der Waals surface area contributed by atoms with Gasteiger partial charge in [0.15, 0.2) is 12.1 Å². The minimum Gasteiger partial charge on any atom is -0.507 e. The van der Waals surface area contributed by atoms with E-state index in [9.17, 15) is 40.5 Å². The van der Waals surface area contributed by atoms with Gasteiger partial charge in [-0.3, -0.25) is 4.79 Å². The standard InChI is InChI=1S/C30H38O13/c1-4-14-5-6-15(7-12(14)2)19-10-18(32)22-17(31)8-16(9-20(22)42-19)41-30-28(38)26(36)24(34)21(43-30)11-39-29-27(37)25(35)23(33)13(3)40-29/h5-9,13,19,21,23-31,33-38H,4,10-11H2,1-3H3/t13-,19-,21+,23-,24+,25+,26-,27+,28+,29-,30+/m0/s1. The van der Waals surface area contributed by atoms with E-state index in [0.717, 1.165) is 23.6 Å². The van der Waals surface area contributed by atoms with Crippen LogP contribution in [0, 0.1) is 6.92 Å². The van der Waals surface area contributed by atoms with Crippen molar-refractivity contribution in [3.05, 3.63) is 52.6 Å². The number of ketones is 1. The molecule has 3 heterocycles. The molecule has 0 aliphatic carbocycles. The van der Waals surface area contributed by atoms with Crippen molar-refractivity contribution < 1.29 is 64.2 Å². The highest BCUT2D eigenvalue weighted by Crippen LogP contribution is 2.43. The number of aliphatic hydroxyl groups excluding tert-OH is 6. The molecule has 0 saturated carbocycles. The van der Waals surface area contributed by atoms with E-state index in [2.05, 4.69) is 6.92 Å². The van der Waals surface area contributed by atoms with Crippen LogP contribution in [0.4, 0.5) is 0 Å². The Labute approximate surface area is 247 Å². The van der Waals surface area contributed by atoms with Crippen molar-refractivity contribution in [2.75, 3.05) is 6.61 Å². The largest absolute Gasteiger partial charge is 0.507 e. The number of phenols is 1. The number of aliphatic hydroxyl groups is 6. The van der Waals surface area contributed by atoms with E-state index in [4.69, 9.17) is 23.7 Å². The number of hydrogen-bond donors (Lipinski definition) is 7. The molecule has 0 aromatic heterocycles. The normalized spacial score (nSPS) is 36.1. The average molecular weight is 607 g/mol. The van der Waals surface area contributed by atoms with Crippen molar-refractivity contribution >= 4 is 5.78 Å². The molecule has 0 radical (unpaired) electrons. The van der Waals surface area contributed by atoms with E-state index in [-0.39, 0.29) is 29.3 Å². The molecule has 11 atom stereocenters. The molecular weight excluding hydrogens is 568 g/mol. The van der Waals surface area contributed by atoms with Gasteiger partial charge in [-0.1, -0.05) is 25.1 Å². The molecule has 2 fully saturated rings. The molecule has 2 aromatic rings. The predicted octanol–water partition coefficient (Wildman–Crippen LogP) is 0.0000200. The summed E-state index contributed by atoms with van der Waals surface area (Å²) in [5.41, 5.74) is 3.03. The summed E-state index contributed by atoms with van der Waals surface area (Å²) in [7, 11) is 0. The number of Topliss-reactive ketones (excluding diaryl/α,β-unsaturated/α-hetero) is 1. The van der Waals surface area contributed by atoms with Gasteiger partial charge in [0.1, 0.15) is 71.6 Å². The molecular formula is C30H38O13. The summed E-state index contributed by atoms with van der Waals surface area (Å²) in [6.45, 7) is 5.05. The monoisotopic (exact) mass is 606 g/mol. The van der Waals surface area contributed by atoms with Crippen molar-refractivity contribution in [3.63, 3.8) is 0 Å². The van der Waals surface area contributed by atoms with Gasteiger partial charge in [-0.15, -0.1) is 0 Å². The first-order valence-electron chi connectivity index (χ1n) is 14.2. The lowest BCUT2D eigenvalue weighted by Gasteiger charge is -2.42. The number of carbonyl (C=O) groups excluding carboxylic acids is 1. The smallest absolute Gasteiger partial charge is 0.229 e. The van der Waals surface area contributed by atoms with Crippen molar-refractivity contribution in [1.82, 2.24) is 0 Å². The summed E-state index contributed by atoms with van der Waals surface area (Å²) in [6, 6.07) is 8.37. The van der Waals surface area contributed by atoms with E-state index in [0.29, 0.717) is 0 Å². The second-order valence-corrected chi connectivity index (χ2v) is 11.2. The Morgan fingerprint density at radius 1 is 0.884 bits per heavy atom. The van der Waals surface area contributed by atoms with Crippen molar-refractivity contribution in [2.45, 2.75) is 101 Å². The Hall–Kier alpha value is -2.85. The van der Waals surface area contributed by atoms with Gasteiger partial charge in [0.2, 0.25) is 6.29 Å². The van der Waals surface area contributed by atoms with E-state index >= 15 is 0 Å². The van der Waals surface area contributed by atoms with Crippen molar-refractivity contribution in [1.29, 1.82) is 0 Å². The van der Waals surface area contributed by atoms with Crippen LogP contribution in [0.25, 0.3) is 0 Å². The number of rotatable bonds is 7. The minimum atomic E-state index is -1.74. The van der Waals surface area contributed by atoms with Crippen LogP contribution in [0.3, 0.4) is 0 Å². The van der Waals surface area contributed by atoms with Gasteiger partial charge < -0.3 is 59.4 Å². The van der Waals surface area contributed by atoms with E-state index < -0.39 is 79.9 Å². The zero-order valence-electron chi connectivity index (χ0n) is 23.9. The Bertz CT molecular complexity index is 1320. The fourth-order valence-electron chi connectivity index (χ4n) is 5.61. The lowest BCUT2D eigenvalue weighted by atomic mass is 9.93.